The molecule has 1 aromatic heterocycles. The van der Waals surface area contributed by atoms with Gasteiger partial charge in [0.2, 0.25) is 0 Å². The molecule has 110 valence electrons. The molecule has 0 unspecified atom stereocenters. The SMILES string of the molecule is C=CCn1c(CCC(=O)[O-])ccc1-c1ccc(OC)cc1. The number of allylic oxidation sites excluding steroid dienone is 1. The highest BCUT2D eigenvalue weighted by atomic mass is 16.5. The van der Waals surface area contributed by atoms with Gasteiger partial charge >= 0.3 is 0 Å². The predicted octanol–water partition coefficient (Wildman–Crippen LogP) is 2.03. The molecule has 1 heterocycles. The Morgan fingerprint density at radius 1 is 1.29 bits per heavy atom. The molecule has 0 atom stereocenters. The Hall–Kier alpha value is -2.49. The summed E-state index contributed by atoms with van der Waals surface area (Å²) < 4.78 is 7.22. The van der Waals surface area contributed by atoms with Gasteiger partial charge in [-0.05, 0) is 54.8 Å². The van der Waals surface area contributed by atoms with Crippen molar-refractivity contribution in [3.05, 3.63) is 54.7 Å². The fourth-order valence-electron chi connectivity index (χ4n) is 2.32. The molecule has 0 spiro atoms. The van der Waals surface area contributed by atoms with E-state index in [0.29, 0.717) is 13.0 Å². The summed E-state index contributed by atoms with van der Waals surface area (Å²) in [6.45, 7) is 4.40. The highest BCUT2D eigenvalue weighted by Crippen LogP contribution is 2.25. The molecule has 0 aliphatic carbocycles. The number of carboxylic acids is 1. The molecule has 0 aliphatic rings. The number of nitrogens with zero attached hydrogens (tertiary/aromatic N) is 1. The lowest BCUT2D eigenvalue weighted by molar-refractivity contribution is -0.305. The van der Waals surface area contributed by atoms with Gasteiger partial charge in [0.15, 0.2) is 0 Å². The van der Waals surface area contributed by atoms with Crippen LogP contribution in [0.3, 0.4) is 0 Å². The van der Waals surface area contributed by atoms with Crippen molar-refractivity contribution in [1.29, 1.82) is 0 Å². The first-order chi connectivity index (χ1) is 10.2. The third kappa shape index (κ3) is 3.54. The molecule has 0 radical (unpaired) electrons. The van der Waals surface area contributed by atoms with Crippen molar-refractivity contribution in [3.8, 4) is 17.0 Å². The summed E-state index contributed by atoms with van der Waals surface area (Å²) in [5.41, 5.74) is 3.05. The number of aromatic nitrogens is 1. The third-order valence-corrected chi connectivity index (χ3v) is 3.35. The van der Waals surface area contributed by atoms with Gasteiger partial charge in [-0.2, -0.15) is 0 Å². The maximum Gasteiger partial charge on any atom is 0.118 e. The topological polar surface area (TPSA) is 54.3 Å². The molecule has 2 rings (SSSR count). The normalized spacial score (nSPS) is 10.3. The maximum atomic E-state index is 10.6. The standard InChI is InChI=1S/C17H19NO3/c1-3-12-18-14(7-11-17(19)20)6-10-16(18)13-4-8-15(21-2)9-5-13/h3-6,8-10H,1,7,11-12H2,2H3,(H,19,20)/p-1. The second-order valence-corrected chi connectivity index (χ2v) is 4.71. The highest BCUT2D eigenvalue weighted by molar-refractivity contribution is 5.65. The van der Waals surface area contributed by atoms with Crippen molar-refractivity contribution in [2.75, 3.05) is 7.11 Å². The van der Waals surface area contributed by atoms with Gasteiger partial charge < -0.3 is 19.2 Å². The molecule has 0 fully saturated rings. The lowest BCUT2D eigenvalue weighted by Crippen LogP contribution is -2.22. The van der Waals surface area contributed by atoms with Crippen LogP contribution in [0, 0.1) is 0 Å². The fourth-order valence-corrected chi connectivity index (χ4v) is 2.32. The first-order valence-corrected chi connectivity index (χ1v) is 6.79. The van der Waals surface area contributed by atoms with Crippen LogP contribution in [0.25, 0.3) is 11.3 Å². The summed E-state index contributed by atoms with van der Waals surface area (Å²) in [6.07, 6.45) is 2.27. The van der Waals surface area contributed by atoms with Gasteiger partial charge in [-0.3, -0.25) is 0 Å². The highest BCUT2D eigenvalue weighted by Gasteiger charge is 2.09. The minimum absolute atomic E-state index is 0.0171. The van der Waals surface area contributed by atoms with E-state index in [1.165, 1.54) is 0 Å². The number of methoxy groups -OCH3 is 1. The molecule has 4 nitrogen and oxygen atoms in total. The number of benzene rings is 1. The van der Waals surface area contributed by atoms with Crippen molar-refractivity contribution in [1.82, 2.24) is 4.57 Å². The summed E-state index contributed by atoms with van der Waals surface area (Å²) in [5, 5.41) is 10.6. The van der Waals surface area contributed by atoms with E-state index in [0.717, 1.165) is 22.7 Å². The molecule has 0 aliphatic heterocycles. The number of hydrogen-bond donors (Lipinski definition) is 0. The molecule has 21 heavy (non-hydrogen) atoms. The van der Waals surface area contributed by atoms with Gasteiger partial charge in [-0.1, -0.05) is 6.08 Å². The molecule has 0 amide bonds. The molecular weight excluding hydrogens is 266 g/mol. The van der Waals surface area contributed by atoms with E-state index < -0.39 is 5.97 Å². The Labute approximate surface area is 124 Å². The van der Waals surface area contributed by atoms with Crippen LogP contribution in [0.1, 0.15) is 12.1 Å². The number of carboxylic acid groups (broad SMARTS) is 1. The van der Waals surface area contributed by atoms with Crippen molar-refractivity contribution >= 4 is 5.97 Å². The summed E-state index contributed by atoms with van der Waals surface area (Å²) in [5.74, 6) is -0.231. The second kappa shape index (κ2) is 6.79. The molecule has 4 heteroatoms. The van der Waals surface area contributed by atoms with Gasteiger partial charge in [0, 0.05) is 23.9 Å². The number of carbonyl (C=O) groups is 1. The summed E-state index contributed by atoms with van der Waals surface area (Å²) in [4.78, 5) is 10.6. The summed E-state index contributed by atoms with van der Waals surface area (Å²) in [6, 6.07) is 11.7. The number of carbonyl (C=O) groups excluding carboxylic acids is 1. The zero-order chi connectivity index (χ0) is 15.2. The van der Waals surface area contributed by atoms with E-state index in [2.05, 4.69) is 11.1 Å². The van der Waals surface area contributed by atoms with E-state index >= 15 is 0 Å². The zero-order valence-corrected chi connectivity index (χ0v) is 12.0. The van der Waals surface area contributed by atoms with E-state index in [4.69, 9.17) is 4.74 Å². The van der Waals surface area contributed by atoms with Crippen LogP contribution >= 0.6 is 0 Å². The Morgan fingerprint density at radius 2 is 2.00 bits per heavy atom. The van der Waals surface area contributed by atoms with Gasteiger partial charge in [-0.15, -0.1) is 6.58 Å². The van der Waals surface area contributed by atoms with Crippen molar-refractivity contribution < 1.29 is 14.6 Å². The average molecular weight is 284 g/mol. The van der Waals surface area contributed by atoms with Crippen LogP contribution in [0.15, 0.2) is 49.1 Å². The Bertz CT molecular complexity index is 626. The van der Waals surface area contributed by atoms with E-state index in [9.17, 15) is 9.90 Å². The number of hydrogen-bond acceptors (Lipinski definition) is 3. The number of ether oxygens (including phenoxy) is 1. The molecule has 2 aromatic rings. The van der Waals surface area contributed by atoms with Crippen molar-refractivity contribution in [2.24, 2.45) is 0 Å². The van der Waals surface area contributed by atoms with Crippen LogP contribution in [0.2, 0.25) is 0 Å². The van der Waals surface area contributed by atoms with Crippen LogP contribution < -0.4 is 9.84 Å². The summed E-state index contributed by atoms with van der Waals surface area (Å²) in [7, 11) is 1.63. The largest absolute Gasteiger partial charge is 0.550 e. The maximum absolute atomic E-state index is 10.6. The average Bonchev–Trinajstić information content (AvgIpc) is 2.88. The summed E-state index contributed by atoms with van der Waals surface area (Å²) >= 11 is 0. The van der Waals surface area contributed by atoms with Crippen LogP contribution in [0.4, 0.5) is 0 Å². The second-order valence-electron chi connectivity index (χ2n) is 4.71. The first-order valence-electron chi connectivity index (χ1n) is 6.79. The van der Waals surface area contributed by atoms with Gasteiger partial charge in [0.1, 0.15) is 5.75 Å². The predicted molar refractivity (Wildman–Crippen MR) is 79.9 cm³/mol. The Kier molecular flexibility index (Phi) is 4.82. The third-order valence-electron chi connectivity index (χ3n) is 3.35. The van der Waals surface area contributed by atoms with Crippen molar-refractivity contribution in [3.63, 3.8) is 0 Å². The van der Waals surface area contributed by atoms with Crippen LogP contribution in [0.5, 0.6) is 5.75 Å². The molecular formula is C17H18NO3-. The van der Waals surface area contributed by atoms with E-state index in [1.54, 1.807) is 13.2 Å². The monoisotopic (exact) mass is 284 g/mol. The Morgan fingerprint density at radius 3 is 2.57 bits per heavy atom. The van der Waals surface area contributed by atoms with Gasteiger partial charge in [0.25, 0.3) is 0 Å². The first kappa shape index (κ1) is 14.9. The number of rotatable bonds is 7. The smallest absolute Gasteiger partial charge is 0.118 e. The molecule has 0 saturated heterocycles. The molecule has 0 saturated carbocycles. The fraction of sp³-hybridized carbons (Fsp3) is 0.235. The minimum Gasteiger partial charge on any atom is -0.550 e. The van der Waals surface area contributed by atoms with Gasteiger partial charge in [0.05, 0.1) is 7.11 Å². The van der Waals surface area contributed by atoms with Crippen LogP contribution in [-0.4, -0.2) is 17.6 Å². The zero-order valence-electron chi connectivity index (χ0n) is 12.0. The van der Waals surface area contributed by atoms with Crippen LogP contribution in [-0.2, 0) is 17.8 Å². The lowest BCUT2D eigenvalue weighted by Gasteiger charge is -2.12. The van der Waals surface area contributed by atoms with Crippen molar-refractivity contribution in [2.45, 2.75) is 19.4 Å². The number of aliphatic carboxylic acids is 1. The Balaban J connectivity index is 2.33. The molecule has 1 aromatic carbocycles. The van der Waals surface area contributed by atoms with Gasteiger partial charge in [-0.25, -0.2) is 0 Å². The molecule has 0 bridgehead atoms. The lowest BCUT2D eigenvalue weighted by atomic mass is 10.1. The number of aryl methyl sites for hydroxylation is 1. The van der Waals surface area contributed by atoms with E-state index in [-0.39, 0.29) is 6.42 Å². The minimum atomic E-state index is -1.03. The van der Waals surface area contributed by atoms with E-state index in [1.807, 2.05) is 36.4 Å². The quantitative estimate of drug-likeness (QED) is 0.731. The molecule has 0 N–H and O–H groups in total.